The number of carbonyl (C=O) groups is 1. The Morgan fingerprint density at radius 3 is 3.06 bits per heavy atom. The second kappa shape index (κ2) is 4.49. The molecule has 0 radical (unpaired) electrons. The molecule has 5 heteroatoms. The molecule has 0 saturated heterocycles. The molecule has 94 valence electrons. The zero-order chi connectivity index (χ0) is 12.5. The van der Waals surface area contributed by atoms with Gasteiger partial charge in [0.05, 0.1) is 5.41 Å². The summed E-state index contributed by atoms with van der Waals surface area (Å²) in [7, 11) is 0. The van der Waals surface area contributed by atoms with Crippen molar-refractivity contribution >= 4 is 11.7 Å². The fraction of sp³-hybridized carbons (Fsp3) is 0.667. The van der Waals surface area contributed by atoms with Crippen LogP contribution in [-0.4, -0.2) is 22.1 Å². The number of carbonyl (C=O) groups excluding carboxylic acids is 1. The molecular weight excluding hydrogens is 216 g/mol. The van der Waals surface area contributed by atoms with Gasteiger partial charge in [-0.2, -0.15) is 5.10 Å². The predicted octanol–water partition coefficient (Wildman–Crippen LogP) is 1.43. The normalized spacial score (nSPS) is 28.3. The van der Waals surface area contributed by atoms with Crippen molar-refractivity contribution in [1.29, 1.82) is 0 Å². The molecule has 17 heavy (non-hydrogen) atoms. The molecule has 1 aromatic heterocycles. The second-order valence-corrected chi connectivity index (χ2v) is 5.00. The summed E-state index contributed by atoms with van der Waals surface area (Å²) in [6, 6.07) is 1.81. The van der Waals surface area contributed by atoms with Crippen LogP contribution in [0.3, 0.4) is 0 Å². The minimum absolute atomic E-state index is 0.0170. The Morgan fingerprint density at radius 1 is 1.76 bits per heavy atom. The van der Waals surface area contributed by atoms with Gasteiger partial charge < -0.3 is 11.1 Å². The average molecular weight is 236 g/mol. The summed E-state index contributed by atoms with van der Waals surface area (Å²) in [6.45, 7) is 3.97. The summed E-state index contributed by atoms with van der Waals surface area (Å²) in [5, 5.41) is 9.78. The standard InChI is InChI=1S/C12H20N4O/c1-3-8-7-10(16-15-8)14-11(17)12(2)6-4-5-9(12)13/h7,9H,3-6,13H2,1-2H3,(H2,14,15,16,17). The van der Waals surface area contributed by atoms with Crippen LogP contribution in [0.2, 0.25) is 0 Å². The highest BCUT2D eigenvalue weighted by Crippen LogP contribution is 2.37. The van der Waals surface area contributed by atoms with Crippen LogP contribution in [0.4, 0.5) is 5.82 Å². The number of amides is 1. The molecule has 1 aliphatic carbocycles. The number of hydrogen-bond acceptors (Lipinski definition) is 3. The summed E-state index contributed by atoms with van der Waals surface area (Å²) in [5.41, 5.74) is 6.57. The van der Waals surface area contributed by atoms with Gasteiger partial charge in [0.1, 0.15) is 0 Å². The van der Waals surface area contributed by atoms with Crippen LogP contribution in [0, 0.1) is 5.41 Å². The molecule has 0 bridgehead atoms. The van der Waals surface area contributed by atoms with Gasteiger partial charge in [-0.1, -0.05) is 13.3 Å². The Hall–Kier alpha value is -1.36. The SMILES string of the molecule is CCc1cc(NC(=O)C2(C)CCCC2N)n[nH]1. The predicted molar refractivity (Wildman–Crippen MR) is 66.5 cm³/mol. The summed E-state index contributed by atoms with van der Waals surface area (Å²) in [5.74, 6) is 0.573. The molecule has 2 atom stereocenters. The van der Waals surface area contributed by atoms with Crippen molar-refractivity contribution in [2.45, 2.75) is 45.6 Å². The van der Waals surface area contributed by atoms with Gasteiger partial charge in [-0.05, 0) is 26.2 Å². The van der Waals surface area contributed by atoms with E-state index >= 15 is 0 Å². The lowest BCUT2D eigenvalue weighted by Gasteiger charge is -2.26. The lowest BCUT2D eigenvalue weighted by molar-refractivity contribution is -0.125. The second-order valence-electron chi connectivity index (χ2n) is 5.00. The fourth-order valence-corrected chi connectivity index (χ4v) is 2.34. The van der Waals surface area contributed by atoms with Crippen LogP contribution < -0.4 is 11.1 Å². The Labute approximate surface area is 101 Å². The Balaban J connectivity index is 2.06. The molecule has 0 aliphatic heterocycles. The van der Waals surface area contributed by atoms with Crippen molar-refractivity contribution in [3.05, 3.63) is 11.8 Å². The molecule has 1 heterocycles. The zero-order valence-electron chi connectivity index (χ0n) is 10.4. The molecule has 0 spiro atoms. The van der Waals surface area contributed by atoms with Crippen LogP contribution >= 0.6 is 0 Å². The highest BCUT2D eigenvalue weighted by molar-refractivity contribution is 5.95. The summed E-state index contributed by atoms with van der Waals surface area (Å²) < 4.78 is 0. The van der Waals surface area contributed by atoms with Crippen molar-refractivity contribution in [3.8, 4) is 0 Å². The number of nitrogens with one attached hydrogen (secondary N) is 2. The molecule has 5 nitrogen and oxygen atoms in total. The molecule has 1 aromatic rings. The van der Waals surface area contributed by atoms with Crippen molar-refractivity contribution in [2.75, 3.05) is 5.32 Å². The number of nitrogens with zero attached hydrogens (tertiary/aromatic N) is 1. The first-order valence-corrected chi connectivity index (χ1v) is 6.17. The zero-order valence-corrected chi connectivity index (χ0v) is 10.4. The van der Waals surface area contributed by atoms with Crippen LogP contribution in [0.1, 0.15) is 38.8 Å². The highest BCUT2D eigenvalue weighted by Gasteiger charge is 2.43. The molecule has 1 amide bonds. The maximum Gasteiger partial charge on any atom is 0.233 e. The van der Waals surface area contributed by atoms with E-state index in [0.717, 1.165) is 31.4 Å². The quantitative estimate of drug-likeness (QED) is 0.742. The minimum Gasteiger partial charge on any atom is -0.327 e. The van der Waals surface area contributed by atoms with Crippen LogP contribution in [0.25, 0.3) is 0 Å². The van der Waals surface area contributed by atoms with Crippen molar-refractivity contribution in [3.63, 3.8) is 0 Å². The number of aromatic nitrogens is 2. The molecular formula is C12H20N4O. The minimum atomic E-state index is -0.453. The van der Waals surface area contributed by atoms with E-state index in [2.05, 4.69) is 15.5 Å². The van der Waals surface area contributed by atoms with E-state index in [1.54, 1.807) is 0 Å². The molecule has 1 saturated carbocycles. The number of aryl methyl sites for hydroxylation is 1. The van der Waals surface area contributed by atoms with E-state index in [1.807, 2.05) is 19.9 Å². The van der Waals surface area contributed by atoms with Gasteiger partial charge >= 0.3 is 0 Å². The number of rotatable bonds is 3. The topological polar surface area (TPSA) is 83.8 Å². The first kappa shape index (κ1) is 12.1. The van der Waals surface area contributed by atoms with Gasteiger partial charge in [-0.25, -0.2) is 0 Å². The van der Waals surface area contributed by atoms with Gasteiger partial charge in [0.2, 0.25) is 5.91 Å². The smallest absolute Gasteiger partial charge is 0.233 e. The third kappa shape index (κ3) is 2.20. The third-order valence-electron chi connectivity index (χ3n) is 3.80. The highest BCUT2D eigenvalue weighted by atomic mass is 16.2. The molecule has 4 N–H and O–H groups in total. The van der Waals surface area contributed by atoms with Gasteiger partial charge in [0.15, 0.2) is 5.82 Å². The maximum absolute atomic E-state index is 12.2. The molecule has 1 fully saturated rings. The van der Waals surface area contributed by atoms with Crippen LogP contribution in [0.5, 0.6) is 0 Å². The van der Waals surface area contributed by atoms with Crippen molar-refractivity contribution in [2.24, 2.45) is 11.1 Å². The van der Waals surface area contributed by atoms with E-state index in [9.17, 15) is 4.79 Å². The average Bonchev–Trinajstić information content (AvgIpc) is 2.88. The summed E-state index contributed by atoms with van der Waals surface area (Å²) in [4.78, 5) is 12.2. The van der Waals surface area contributed by atoms with Gasteiger partial charge in [0.25, 0.3) is 0 Å². The summed E-state index contributed by atoms with van der Waals surface area (Å²) >= 11 is 0. The summed E-state index contributed by atoms with van der Waals surface area (Å²) in [6.07, 6.45) is 3.67. The van der Waals surface area contributed by atoms with E-state index in [-0.39, 0.29) is 11.9 Å². The van der Waals surface area contributed by atoms with E-state index in [0.29, 0.717) is 5.82 Å². The Bertz CT molecular complexity index is 414. The lowest BCUT2D eigenvalue weighted by Crippen LogP contribution is -2.44. The van der Waals surface area contributed by atoms with Crippen LogP contribution in [0.15, 0.2) is 6.07 Å². The number of H-pyrrole nitrogens is 1. The first-order chi connectivity index (χ1) is 8.06. The molecule has 2 rings (SSSR count). The van der Waals surface area contributed by atoms with Crippen LogP contribution in [-0.2, 0) is 11.2 Å². The van der Waals surface area contributed by atoms with E-state index in [4.69, 9.17) is 5.73 Å². The maximum atomic E-state index is 12.2. The van der Waals surface area contributed by atoms with Gasteiger partial charge in [-0.15, -0.1) is 0 Å². The third-order valence-corrected chi connectivity index (χ3v) is 3.80. The lowest BCUT2D eigenvalue weighted by atomic mass is 9.84. The molecule has 1 aliphatic rings. The van der Waals surface area contributed by atoms with E-state index < -0.39 is 5.41 Å². The fourth-order valence-electron chi connectivity index (χ4n) is 2.34. The number of hydrogen-bond donors (Lipinski definition) is 3. The number of nitrogens with two attached hydrogens (primary N) is 1. The molecule has 0 aromatic carbocycles. The largest absolute Gasteiger partial charge is 0.327 e. The number of aromatic amines is 1. The van der Waals surface area contributed by atoms with Crippen molar-refractivity contribution in [1.82, 2.24) is 10.2 Å². The Morgan fingerprint density at radius 2 is 2.53 bits per heavy atom. The number of anilines is 1. The Kier molecular flexibility index (Phi) is 3.19. The monoisotopic (exact) mass is 236 g/mol. The van der Waals surface area contributed by atoms with E-state index in [1.165, 1.54) is 0 Å². The van der Waals surface area contributed by atoms with Gasteiger partial charge in [0, 0.05) is 17.8 Å². The first-order valence-electron chi connectivity index (χ1n) is 6.17. The van der Waals surface area contributed by atoms with Crippen molar-refractivity contribution < 1.29 is 4.79 Å². The molecule has 2 unspecified atom stereocenters. The van der Waals surface area contributed by atoms with Gasteiger partial charge in [-0.3, -0.25) is 9.89 Å².